The molecule has 0 spiro atoms. The minimum atomic E-state index is -0.173. The van der Waals surface area contributed by atoms with Crippen molar-refractivity contribution in [1.82, 2.24) is 14.1 Å². The second-order valence-corrected chi connectivity index (χ2v) is 5.34. The van der Waals surface area contributed by atoms with Gasteiger partial charge in [-0.25, -0.2) is 0 Å². The topological polar surface area (TPSA) is 75.1 Å². The van der Waals surface area contributed by atoms with Crippen LogP contribution in [0.5, 0.6) is 0 Å². The van der Waals surface area contributed by atoms with Gasteiger partial charge < -0.3 is 10.4 Å². The summed E-state index contributed by atoms with van der Waals surface area (Å²) in [6, 6.07) is 0.0597. The van der Waals surface area contributed by atoms with E-state index in [0.29, 0.717) is 18.0 Å². The van der Waals surface area contributed by atoms with Crippen LogP contribution in [0.25, 0.3) is 0 Å². The number of rotatable bonds is 5. The minimum Gasteiger partial charge on any atom is -0.396 e. The highest BCUT2D eigenvalue weighted by Gasteiger charge is 2.25. The maximum absolute atomic E-state index is 11.9. The van der Waals surface area contributed by atoms with Crippen molar-refractivity contribution in [2.75, 3.05) is 6.61 Å². The van der Waals surface area contributed by atoms with E-state index in [4.69, 9.17) is 5.11 Å². The van der Waals surface area contributed by atoms with Crippen molar-refractivity contribution in [3.63, 3.8) is 0 Å². The largest absolute Gasteiger partial charge is 0.396 e. The molecule has 1 aliphatic carbocycles. The van der Waals surface area contributed by atoms with Gasteiger partial charge in [-0.15, -0.1) is 0 Å². The molecule has 0 bridgehead atoms. The van der Waals surface area contributed by atoms with Crippen LogP contribution < -0.4 is 5.32 Å². The molecule has 5 nitrogen and oxygen atoms in total. The normalized spacial score (nSPS) is 18.5. The van der Waals surface area contributed by atoms with Crippen molar-refractivity contribution >= 4 is 17.6 Å². The first-order valence-electron chi connectivity index (χ1n) is 6.50. The molecule has 0 aromatic carbocycles. The van der Waals surface area contributed by atoms with Gasteiger partial charge in [0.05, 0.1) is 17.9 Å². The lowest BCUT2D eigenvalue weighted by atomic mass is 9.82. The molecule has 1 fully saturated rings. The van der Waals surface area contributed by atoms with Crippen molar-refractivity contribution in [3.05, 3.63) is 11.9 Å². The Bertz CT molecular complexity index is 363. The maximum atomic E-state index is 11.9. The number of aliphatic hydroxyl groups excluding tert-OH is 1. The Morgan fingerprint density at radius 3 is 2.89 bits per heavy atom. The summed E-state index contributed by atoms with van der Waals surface area (Å²) in [5.41, 5.74) is 0.374. The van der Waals surface area contributed by atoms with Crippen LogP contribution in [0.1, 0.15) is 49.0 Å². The Balaban J connectivity index is 1.94. The quantitative estimate of drug-likeness (QED) is 0.851. The lowest BCUT2D eigenvalue weighted by molar-refractivity contribution is 0.0895. The van der Waals surface area contributed by atoms with Crippen molar-refractivity contribution in [3.8, 4) is 0 Å². The number of hydrogen-bond donors (Lipinski definition) is 2. The fourth-order valence-corrected chi connectivity index (χ4v) is 3.02. The molecule has 1 unspecified atom stereocenters. The molecule has 18 heavy (non-hydrogen) atoms. The smallest absolute Gasteiger partial charge is 0.272 e. The van der Waals surface area contributed by atoms with Crippen LogP contribution in [-0.2, 0) is 0 Å². The third-order valence-electron chi connectivity index (χ3n) is 3.57. The van der Waals surface area contributed by atoms with Gasteiger partial charge in [-0.1, -0.05) is 19.3 Å². The zero-order valence-electron chi connectivity index (χ0n) is 10.3. The first kappa shape index (κ1) is 13.4. The van der Waals surface area contributed by atoms with Crippen molar-refractivity contribution < 1.29 is 9.90 Å². The van der Waals surface area contributed by atoms with Crippen LogP contribution in [0.4, 0.5) is 0 Å². The molecule has 6 heteroatoms. The first-order valence-corrected chi connectivity index (χ1v) is 7.23. The number of aromatic nitrogens is 2. The van der Waals surface area contributed by atoms with E-state index in [9.17, 15) is 4.79 Å². The number of nitrogens with zero attached hydrogens (tertiary/aromatic N) is 2. The summed E-state index contributed by atoms with van der Waals surface area (Å²) in [5, 5.41) is 12.1. The summed E-state index contributed by atoms with van der Waals surface area (Å²) in [6.45, 7) is 0.108. The molecular formula is C12H19N3O2S. The monoisotopic (exact) mass is 269 g/mol. The molecule has 1 saturated carbocycles. The van der Waals surface area contributed by atoms with Crippen LogP contribution in [-0.4, -0.2) is 32.4 Å². The van der Waals surface area contributed by atoms with Crippen molar-refractivity contribution in [2.24, 2.45) is 5.92 Å². The number of hydrogen-bond acceptors (Lipinski definition) is 5. The lowest BCUT2D eigenvalue weighted by Crippen LogP contribution is -2.41. The Morgan fingerprint density at radius 2 is 2.28 bits per heavy atom. The first-order chi connectivity index (χ1) is 8.81. The van der Waals surface area contributed by atoms with E-state index in [-0.39, 0.29) is 18.6 Å². The third-order valence-corrected chi connectivity index (χ3v) is 4.05. The van der Waals surface area contributed by atoms with Crippen molar-refractivity contribution in [1.29, 1.82) is 0 Å². The maximum Gasteiger partial charge on any atom is 0.272 e. The zero-order valence-corrected chi connectivity index (χ0v) is 11.2. The lowest BCUT2D eigenvalue weighted by Gasteiger charge is -2.30. The molecule has 1 heterocycles. The fraction of sp³-hybridized carbons (Fsp3) is 0.750. The molecule has 1 aromatic rings. The molecule has 0 aliphatic heterocycles. The Hall–Kier alpha value is -1.01. The number of nitrogens with one attached hydrogen (secondary N) is 1. The number of carbonyl (C=O) groups is 1. The highest BCUT2D eigenvalue weighted by Crippen LogP contribution is 2.27. The van der Waals surface area contributed by atoms with Crippen LogP contribution in [0.2, 0.25) is 0 Å². The highest BCUT2D eigenvalue weighted by atomic mass is 32.1. The molecule has 1 aliphatic rings. The summed E-state index contributed by atoms with van der Waals surface area (Å²) in [6.07, 6.45) is 8.11. The van der Waals surface area contributed by atoms with Gasteiger partial charge in [0, 0.05) is 12.6 Å². The van der Waals surface area contributed by atoms with E-state index < -0.39 is 0 Å². The summed E-state index contributed by atoms with van der Waals surface area (Å²) >= 11 is 1.03. The van der Waals surface area contributed by atoms with E-state index in [0.717, 1.165) is 24.6 Å². The number of aliphatic hydroxyl groups is 1. The van der Waals surface area contributed by atoms with E-state index in [1.807, 2.05) is 0 Å². The zero-order chi connectivity index (χ0) is 12.8. The van der Waals surface area contributed by atoms with Gasteiger partial charge in [-0.2, -0.15) is 8.75 Å². The number of carbonyl (C=O) groups excluding carboxylic acids is 1. The summed E-state index contributed by atoms with van der Waals surface area (Å²) in [4.78, 5) is 11.9. The van der Waals surface area contributed by atoms with Gasteiger partial charge in [-0.3, -0.25) is 4.79 Å². The van der Waals surface area contributed by atoms with Crippen molar-refractivity contribution in [2.45, 2.75) is 44.6 Å². The molecule has 1 atom stereocenters. The van der Waals surface area contributed by atoms with Crippen LogP contribution in [0.3, 0.4) is 0 Å². The molecule has 2 N–H and O–H groups in total. The van der Waals surface area contributed by atoms with Gasteiger partial charge in [0.15, 0.2) is 5.69 Å². The Morgan fingerprint density at radius 1 is 1.50 bits per heavy atom. The Labute approximate surface area is 111 Å². The molecule has 100 valence electrons. The van der Waals surface area contributed by atoms with E-state index in [1.165, 1.54) is 25.5 Å². The molecular weight excluding hydrogens is 250 g/mol. The van der Waals surface area contributed by atoms with Gasteiger partial charge in [0.2, 0.25) is 0 Å². The average molecular weight is 269 g/mol. The predicted octanol–water partition coefficient (Wildman–Crippen LogP) is 1.60. The Kier molecular flexibility index (Phi) is 5.07. The molecule has 1 aromatic heterocycles. The highest BCUT2D eigenvalue weighted by molar-refractivity contribution is 6.99. The summed E-state index contributed by atoms with van der Waals surface area (Å²) < 4.78 is 7.76. The van der Waals surface area contributed by atoms with Gasteiger partial charge >= 0.3 is 0 Å². The van der Waals surface area contributed by atoms with Gasteiger partial charge in [0.25, 0.3) is 5.91 Å². The standard InChI is InChI=1S/C12H19N3O2S/c16-7-6-10(9-4-2-1-3-5-9)14-12(17)11-8-13-18-15-11/h8-10,16H,1-7H2,(H,14,17). The average Bonchev–Trinajstić information content (AvgIpc) is 2.93. The third kappa shape index (κ3) is 3.49. The fourth-order valence-electron chi connectivity index (χ4n) is 2.61. The molecule has 0 saturated heterocycles. The van der Waals surface area contributed by atoms with Crippen LogP contribution in [0, 0.1) is 5.92 Å². The number of amides is 1. The summed E-state index contributed by atoms with van der Waals surface area (Å²) in [7, 11) is 0. The predicted molar refractivity (Wildman–Crippen MR) is 69.4 cm³/mol. The van der Waals surface area contributed by atoms with E-state index in [1.54, 1.807) is 0 Å². The minimum absolute atomic E-state index is 0.0597. The second kappa shape index (κ2) is 6.80. The van der Waals surface area contributed by atoms with E-state index >= 15 is 0 Å². The SMILES string of the molecule is O=C(NC(CCO)C1CCCCC1)c1cnsn1. The van der Waals surface area contributed by atoms with Gasteiger partial charge in [0.1, 0.15) is 0 Å². The van der Waals surface area contributed by atoms with Gasteiger partial charge in [-0.05, 0) is 25.2 Å². The molecule has 0 radical (unpaired) electrons. The summed E-state index contributed by atoms with van der Waals surface area (Å²) in [5.74, 6) is 0.314. The van der Waals surface area contributed by atoms with Crippen LogP contribution in [0.15, 0.2) is 6.20 Å². The second-order valence-electron chi connectivity index (χ2n) is 4.78. The molecule has 2 rings (SSSR count). The molecule has 1 amide bonds. The van der Waals surface area contributed by atoms with E-state index in [2.05, 4.69) is 14.1 Å². The van der Waals surface area contributed by atoms with Crippen LogP contribution >= 0.6 is 11.7 Å².